The van der Waals surface area contributed by atoms with Crippen molar-refractivity contribution in [2.24, 2.45) is 0 Å². The van der Waals surface area contributed by atoms with Crippen LogP contribution in [-0.2, 0) is 28.5 Å². The Bertz CT molecular complexity index is 335. The molecular formula is C12H18O7. The van der Waals surface area contributed by atoms with E-state index in [9.17, 15) is 14.4 Å². The van der Waals surface area contributed by atoms with Gasteiger partial charge in [0.2, 0.25) is 0 Å². The Labute approximate surface area is 111 Å². The van der Waals surface area contributed by atoms with Gasteiger partial charge in [-0.15, -0.1) is 0 Å². The summed E-state index contributed by atoms with van der Waals surface area (Å²) in [7, 11) is 0. The summed E-state index contributed by atoms with van der Waals surface area (Å²) in [6.45, 7) is 6.31. The standard InChI is InChI=1S/C12H18O7/c1-9(2)11(14)17-7-8-19-12(15)18-6-4-5-16-10(3)13/h1,4-8H2,2-3H3. The third kappa shape index (κ3) is 10.8. The number of rotatable bonds is 8. The average molecular weight is 274 g/mol. The average Bonchev–Trinajstić information content (AvgIpc) is 2.33. The third-order valence-corrected chi connectivity index (χ3v) is 1.70. The lowest BCUT2D eigenvalue weighted by molar-refractivity contribution is -0.142. The highest BCUT2D eigenvalue weighted by atomic mass is 16.7. The monoisotopic (exact) mass is 274 g/mol. The molecule has 108 valence electrons. The quantitative estimate of drug-likeness (QED) is 0.284. The lowest BCUT2D eigenvalue weighted by atomic mass is 10.4. The Kier molecular flexibility index (Phi) is 8.86. The summed E-state index contributed by atoms with van der Waals surface area (Å²) in [5.74, 6) is -0.930. The number of carbonyl (C=O) groups excluding carboxylic acids is 3. The molecule has 0 bridgehead atoms. The Morgan fingerprint density at radius 2 is 1.37 bits per heavy atom. The molecule has 7 nitrogen and oxygen atoms in total. The van der Waals surface area contributed by atoms with Crippen molar-refractivity contribution in [1.29, 1.82) is 0 Å². The first-order chi connectivity index (χ1) is 8.93. The van der Waals surface area contributed by atoms with Gasteiger partial charge in [0, 0.05) is 18.9 Å². The van der Waals surface area contributed by atoms with E-state index in [1.165, 1.54) is 13.8 Å². The molecule has 0 aliphatic carbocycles. The minimum absolute atomic E-state index is 0.0613. The van der Waals surface area contributed by atoms with Crippen molar-refractivity contribution in [2.45, 2.75) is 20.3 Å². The van der Waals surface area contributed by atoms with E-state index in [0.717, 1.165) is 0 Å². The molecule has 0 unspecified atom stereocenters. The SMILES string of the molecule is C=C(C)C(=O)OCCOC(=O)OCCCOC(C)=O. The molecule has 0 aromatic heterocycles. The highest BCUT2D eigenvalue weighted by molar-refractivity contribution is 5.86. The molecule has 0 aromatic rings. The molecular weight excluding hydrogens is 256 g/mol. The minimum atomic E-state index is -0.866. The maximum absolute atomic E-state index is 11.0. The molecule has 0 saturated heterocycles. The molecule has 0 atom stereocenters. The zero-order valence-electron chi connectivity index (χ0n) is 11.1. The normalized spacial score (nSPS) is 9.37. The predicted molar refractivity (Wildman–Crippen MR) is 64.3 cm³/mol. The molecule has 0 aliphatic heterocycles. The summed E-state index contributed by atoms with van der Waals surface area (Å²) in [6.07, 6.45) is -0.478. The van der Waals surface area contributed by atoms with Gasteiger partial charge < -0.3 is 18.9 Å². The molecule has 0 N–H and O–H groups in total. The third-order valence-electron chi connectivity index (χ3n) is 1.70. The van der Waals surface area contributed by atoms with Gasteiger partial charge in [0.15, 0.2) is 0 Å². The van der Waals surface area contributed by atoms with Gasteiger partial charge in [-0.05, 0) is 6.92 Å². The van der Waals surface area contributed by atoms with Crippen molar-refractivity contribution < 1.29 is 33.3 Å². The van der Waals surface area contributed by atoms with Crippen LogP contribution >= 0.6 is 0 Å². The molecule has 0 rings (SSSR count). The number of esters is 2. The summed E-state index contributed by atoms with van der Waals surface area (Å²) in [4.78, 5) is 32.4. The maximum atomic E-state index is 11.0. The van der Waals surface area contributed by atoms with E-state index in [2.05, 4.69) is 20.8 Å². The molecule has 0 heterocycles. The summed E-state index contributed by atoms with van der Waals surface area (Å²) in [6, 6.07) is 0. The number of ether oxygens (including phenoxy) is 4. The van der Waals surface area contributed by atoms with E-state index in [4.69, 9.17) is 4.74 Å². The van der Waals surface area contributed by atoms with Crippen molar-refractivity contribution in [2.75, 3.05) is 26.4 Å². The van der Waals surface area contributed by atoms with Crippen LogP contribution in [0.2, 0.25) is 0 Å². The second kappa shape index (κ2) is 9.93. The highest BCUT2D eigenvalue weighted by Gasteiger charge is 2.06. The Morgan fingerprint density at radius 1 is 0.842 bits per heavy atom. The molecule has 0 saturated carbocycles. The molecule has 7 heteroatoms. The smallest absolute Gasteiger partial charge is 0.466 e. The molecule has 0 amide bonds. The van der Waals surface area contributed by atoms with Gasteiger partial charge in [0.05, 0.1) is 13.2 Å². The topological polar surface area (TPSA) is 88.1 Å². The molecule has 0 aromatic carbocycles. The van der Waals surface area contributed by atoms with Crippen molar-refractivity contribution >= 4 is 18.1 Å². The van der Waals surface area contributed by atoms with E-state index < -0.39 is 12.1 Å². The van der Waals surface area contributed by atoms with Gasteiger partial charge in [-0.2, -0.15) is 0 Å². The molecule has 0 fully saturated rings. The second-order valence-corrected chi connectivity index (χ2v) is 3.56. The van der Waals surface area contributed by atoms with Crippen LogP contribution in [0.5, 0.6) is 0 Å². The fourth-order valence-corrected chi connectivity index (χ4v) is 0.855. The second-order valence-electron chi connectivity index (χ2n) is 3.56. The minimum Gasteiger partial charge on any atom is -0.466 e. The zero-order chi connectivity index (χ0) is 14.7. The Morgan fingerprint density at radius 3 is 1.95 bits per heavy atom. The van der Waals surface area contributed by atoms with Gasteiger partial charge in [-0.1, -0.05) is 6.58 Å². The predicted octanol–water partition coefficient (Wildman–Crippen LogP) is 1.21. The summed E-state index contributed by atoms with van der Waals surface area (Å²) < 4.78 is 18.6. The Hall–Kier alpha value is -2.05. The number of hydrogen-bond acceptors (Lipinski definition) is 7. The van der Waals surface area contributed by atoms with Gasteiger partial charge >= 0.3 is 18.1 Å². The van der Waals surface area contributed by atoms with Crippen LogP contribution in [0.1, 0.15) is 20.3 Å². The Balaban J connectivity index is 3.42. The van der Waals surface area contributed by atoms with Crippen LogP contribution in [-0.4, -0.2) is 44.5 Å². The van der Waals surface area contributed by atoms with Crippen LogP contribution in [0.25, 0.3) is 0 Å². The molecule has 0 aliphatic rings. The summed E-state index contributed by atoms with van der Waals surface area (Å²) in [5.41, 5.74) is 0.271. The van der Waals surface area contributed by atoms with E-state index in [1.54, 1.807) is 0 Å². The lowest BCUT2D eigenvalue weighted by Crippen LogP contribution is -2.16. The fourth-order valence-electron chi connectivity index (χ4n) is 0.855. The first-order valence-electron chi connectivity index (χ1n) is 5.69. The molecule has 0 spiro atoms. The zero-order valence-corrected chi connectivity index (χ0v) is 11.1. The van der Waals surface area contributed by atoms with E-state index in [-0.39, 0.29) is 38.0 Å². The summed E-state index contributed by atoms with van der Waals surface area (Å²) in [5, 5.41) is 0. The first-order valence-corrected chi connectivity index (χ1v) is 5.69. The summed E-state index contributed by atoms with van der Waals surface area (Å²) >= 11 is 0. The van der Waals surface area contributed by atoms with E-state index >= 15 is 0 Å². The number of carbonyl (C=O) groups is 3. The van der Waals surface area contributed by atoms with Crippen molar-refractivity contribution in [3.8, 4) is 0 Å². The molecule has 0 radical (unpaired) electrons. The van der Waals surface area contributed by atoms with Gasteiger partial charge in [-0.3, -0.25) is 4.79 Å². The highest BCUT2D eigenvalue weighted by Crippen LogP contribution is 1.93. The fraction of sp³-hybridized carbons (Fsp3) is 0.583. The maximum Gasteiger partial charge on any atom is 0.508 e. The van der Waals surface area contributed by atoms with Crippen LogP contribution in [0.15, 0.2) is 12.2 Å². The van der Waals surface area contributed by atoms with Crippen LogP contribution in [0, 0.1) is 0 Å². The van der Waals surface area contributed by atoms with Crippen molar-refractivity contribution in [3.05, 3.63) is 12.2 Å². The largest absolute Gasteiger partial charge is 0.508 e. The van der Waals surface area contributed by atoms with Crippen LogP contribution < -0.4 is 0 Å². The van der Waals surface area contributed by atoms with E-state index in [1.807, 2.05) is 0 Å². The van der Waals surface area contributed by atoms with Gasteiger partial charge in [0.1, 0.15) is 13.2 Å². The van der Waals surface area contributed by atoms with Crippen LogP contribution in [0.4, 0.5) is 4.79 Å². The van der Waals surface area contributed by atoms with Crippen molar-refractivity contribution in [1.82, 2.24) is 0 Å². The first kappa shape index (κ1) is 16.9. The van der Waals surface area contributed by atoms with Gasteiger partial charge in [-0.25, -0.2) is 9.59 Å². The van der Waals surface area contributed by atoms with E-state index in [0.29, 0.717) is 6.42 Å². The number of hydrogen-bond donors (Lipinski definition) is 0. The molecule has 19 heavy (non-hydrogen) atoms. The van der Waals surface area contributed by atoms with Crippen LogP contribution in [0.3, 0.4) is 0 Å². The van der Waals surface area contributed by atoms with Crippen molar-refractivity contribution in [3.63, 3.8) is 0 Å². The lowest BCUT2D eigenvalue weighted by Gasteiger charge is -2.07. The van der Waals surface area contributed by atoms with Gasteiger partial charge in [0.25, 0.3) is 0 Å².